The number of nitrogens with zero attached hydrogens (tertiary/aromatic N) is 5. The average Bonchev–Trinajstić information content (AvgIpc) is 3.18. The van der Waals surface area contributed by atoms with E-state index in [-0.39, 0.29) is 12.5 Å². The normalized spacial score (nSPS) is 17.0. The van der Waals surface area contributed by atoms with Gasteiger partial charge in [0.05, 0.1) is 6.33 Å². The topological polar surface area (TPSA) is 94.2 Å². The molecule has 1 amide bonds. The largest absolute Gasteiger partial charge is 0.350 e. The van der Waals surface area contributed by atoms with E-state index in [4.69, 9.17) is 0 Å². The maximum absolute atomic E-state index is 12.8. The van der Waals surface area contributed by atoms with Gasteiger partial charge >= 0.3 is 5.69 Å². The Kier molecular flexibility index (Phi) is 6.27. The van der Waals surface area contributed by atoms with Crippen molar-refractivity contribution in [1.82, 2.24) is 28.9 Å². The number of amides is 1. The molecule has 1 atom stereocenters. The van der Waals surface area contributed by atoms with Crippen molar-refractivity contribution in [3.63, 3.8) is 0 Å². The molecule has 0 saturated carbocycles. The molecule has 0 radical (unpaired) electrons. The molecule has 1 aliphatic rings. The highest BCUT2D eigenvalue weighted by atomic mass is 16.2. The summed E-state index contributed by atoms with van der Waals surface area (Å²) in [5.41, 5.74) is 1.75. The molecule has 1 aromatic carbocycles. The molecule has 0 spiro atoms. The number of carbonyl (C=O) groups excluding carboxylic acids is 1. The SMILES string of the molecule is CC1CCCCN1Cc1ccccc1CNC(=O)Cn1c(=O)c2c(ncn2C)n(C)c1=O. The molecule has 9 nitrogen and oxygen atoms in total. The lowest BCUT2D eigenvalue weighted by atomic mass is 10.0. The monoisotopic (exact) mass is 438 g/mol. The molecule has 1 N–H and O–H groups in total. The van der Waals surface area contributed by atoms with Crippen LogP contribution in [0.25, 0.3) is 11.2 Å². The molecule has 3 heterocycles. The molecule has 0 bridgehead atoms. The zero-order valence-corrected chi connectivity index (χ0v) is 18.9. The molecule has 1 unspecified atom stereocenters. The Labute approximate surface area is 186 Å². The van der Waals surface area contributed by atoms with Crippen molar-refractivity contribution in [3.8, 4) is 0 Å². The Morgan fingerprint density at radius 3 is 2.66 bits per heavy atom. The van der Waals surface area contributed by atoms with Crippen LogP contribution < -0.4 is 16.6 Å². The van der Waals surface area contributed by atoms with E-state index < -0.39 is 11.2 Å². The van der Waals surface area contributed by atoms with Gasteiger partial charge in [-0.3, -0.25) is 19.1 Å². The zero-order valence-electron chi connectivity index (χ0n) is 18.9. The highest BCUT2D eigenvalue weighted by Crippen LogP contribution is 2.20. The van der Waals surface area contributed by atoms with E-state index >= 15 is 0 Å². The number of nitrogens with one attached hydrogen (secondary N) is 1. The summed E-state index contributed by atoms with van der Waals surface area (Å²) in [4.78, 5) is 44.7. The van der Waals surface area contributed by atoms with Crippen LogP contribution in [0.2, 0.25) is 0 Å². The summed E-state index contributed by atoms with van der Waals surface area (Å²) < 4.78 is 3.81. The third-order valence-corrected chi connectivity index (χ3v) is 6.41. The van der Waals surface area contributed by atoms with E-state index in [9.17, 15) is 14.4 Å². The average molecular weight is 439 g/mol. The maximum atomic E-state index is 12.8. The zero-order chi connectivity index (χ0) is 22.8. The molecule has 9 heteroatoms. The lowest BCUT2D eigenvalue weighted by Crippen LogP contribution is -2.43. The second-order valence-corrected chi connectivity index (χ2v) is 8.62. The third kappa shape index (κ3) is 4.25. The number of piperidine rings is 1. The van der Waals surface area contributed by atoms with Crippen molar-refractivity contribution in [2.75, 3.05) is 6.54 Å². The van der Waals surface area contributed by atoms with Crippen molar-refractivity contribution in [1.29, 1.82) is 0 Å². The molecule has 3 aromatic rings. The number of benzene rings is 1. The first-order valence-corrected chi connectivity index (χ1v) is 11.0. The number of aromatic nitrogens is 4. The third-order valence-electron chi connectivity index (χ3n) is 6.41. The number of rotatable bonds is 6. The Balaban J connectivity index is 1.48. The van der Waals surface area contributed by atoms with E-state index in [1.807, 2.05) is 18.2 Å². The molecule has 4 rings (SSSR count). The van der Waals surface area contributed by atoms with Gasteiger partial charge in [-0.1, -0.05) is 30.7 Å². The minimum atomic E-state index is -0.559. The number of hydrogen-bond donors (Lipinski definition) is 1. The highest BCUT2D eigenvalue weighted by molar-refractivity contribution is 5.76. The molecular formula is C23H30N6O3. The summed E-state index contributed by atoms with van der Waals surface area (Å²) in [7, 11) is 3.23. The summed E-state index contributed by atoms with van der Waals surface area (Å²) in [6.45, 7) is 4.22. The summed E-state index contributed by atoms with van der Waals surface area (Å²) in [6, 6.07) is 8.63. The fraction of sp³-hybridized carbons (Fsp3) is 0.478. The quantitative estimate of drug-likeness (QED) is 0.623. The van der Waals surface area contributed by atoms with Gasteiger partial charge in [-0.25, -0.2) is 14.3 Å². The van der Waals surface area contributed by atoms with Gasteiger partial charge in [-0.15, -0.1) is 0 Å². The van der Waals surface area contributed by atoms with Gasteiger partial charge in [0.25, 0.3) is 5.56 Å². The van der Waals surface area contributed by atoms with Crippen molar-refractivity contribution in [3.05, 3.63) is 62.6 Å². The summed E-state index contributed by atoms with van der Waals surface area (Å²) in [5, 5.41) is 2.88. The molecule has 1 aliphatic heterocycles. The molecule has 170 valence electrons. The van der Waals surface area contributed by atoms with E-state index in [1.54, 1.807) is 18.7 Å². The van der Waals surface area contributed by atoms with E-state index in [2.05, 4.69) is 28.2 Å². The van der Waals surface area contributed by atoms with Crippen molar-refractivity contribution in [2.45, 2.75) is 51.9 Å². The van der Waals surface area contributed by atoms with E-state index in [0.29, 0.717) is 23.8 Å². The van der Waals surface area contributed by atoms with Gasteiger partial charge in [0.1, 0.15) is 6.54 Å². The fourth-order valence-electron chi connectivity index (χ4n) is 4.42. The van der Waals surface area contributed by atoms with Gasteiger partial charge in [0.15, 0.2) is 11.2 Å². The minimum absolute atomic E-state index is 0.292. The van der Waals surface area contributed by atoms with Crippen LogP contribution in [0.5, 0.6) is 0 Å². The summed E-state index contributed by atoms with van der Waals surface area (Å²) >= 11 is 0. The first kappa shape index (κ1) is 22.0. The predicted octanol–water partition coefficient (Wildman–Crippen LogP) is 1.12. The van der Waals surface area contributed by atoms with Crippen LogP contribution in [0, 0.1) is 0 Å². The molecule has 32 heavy (non-hydrogen) atoms. The number of aryl methyl sites for hydroxylation is 2. The number of hydrogen-bond acceptors (Lipinski definition) is 5. The van der Waals surface area contributed by atoms with Crippen LogP contribution in [0.15, 0.2) is 40.2 Å². The smallest absolute Gasteiger partial charge is 0.332 e. The predicted molar refractivity (Wildman–Crippen MR) is 122 cm³/mol. The molecule has 1 saturated heterocycles. The van der Waals surface area contributed by atoms with Gasteiger partial charge in [0, 0.05) is 33.2 Å². The first-order valence-electron chi connectivity index (χ1n) is 11.0. The fourth-order valence-corrected chi connectivity index (χ4v) is 4.42. The van der Waals surface area contributed by atoms with Crippen LogP contribution in [0.1, 0.15) is 37.3 Å². The molecule has 2 aromatic heterocycles. The van der Waals surface area contributed by atoms with Crippen molar-refractivity contribution >= 4 is 17.1 Å². The Morgan fingerprint density at radius 2 is 1.91 bits per heavy atom. The van der Waals surface area contributed by atoms with Gasteiger partial charge in [-0.2, -0.15) is 0 Å². The van der Waals surface area contributed by atoms with Crippen LogP contribution >= 0.6 is 0 Å². The van der Waals surface area contributed by atoms with Crippen molar-refractivity contribution in [2.24, 2.45) is 14.1 Å². The minimum Gasteiger partial charge on any atom is -0.350 e. The summed E-state index contributed by atoms with van der Waals surface area (Å²) in [5.74, 6) is -0.383. The second-order valence-electron chi connectivity index (χ2n) is 8.62. The highest BCUT2D eigenvalue weighted by Gasteiger charge is 2.20. The second kappa shape index (κ2) is 9.12. The molecular weight excluding hydrogens is 408 g/mol. The Bertz CT molecular complexity index is 1250. The number of fused-ring (bicyclic) bond motifs is 1. The van der Waals surface area contributed by atoms with Gasteiger partial charge in [0.2, 0.25) is 5.91 Å². The van der Waals surface area contributed by atoms with Gasteiger partial charge < -0.3 is 9.88 Å². The number of carbonyl (C=O) groups is 1. The number of likely N-dealkylation sites (tertiary alicyclic amines) is 1. The van der Waals surface area contributed by atoms with E-state index in [0.717, 1.165) is 23.2 Å². The van der Waals surface area contributed by atoms with Crippen LogP contribution in [-0.2, 0) is 38.5 Å². The van der Waals surface area contributed by atoms with Crippen LogP contribution in [0.3, 0.4) is 0 Å². The van der Waals surface area contributed by atoms with Crippen molar-refractivity contribution < 1.29 is 4.79 Å². The molecule has 0 aliphatic carbocycles. The maximum Gasteiger partial charge on any atom is 0.332 e. The number of imidazole rings is 1. The first-order chi connectivity index (χ1) is 15.4. The lowest BCUT2D eigenvalue weighted by Gasteiger charge is -2.33. The van der Waals surface area contributed by atoms with E-state index in [1.165, 1.54) is 35.7 Å². The standard InChI is InChI=1S/C23H30N6O3/c1-16-8-6-7-11-28(16)13-18-10-5-4-9-17(18)12-24-19(30)14-29-22(31)20-21(25-15-26(20)2)27(3)23(29)32/h4-5,9-10,15-16H,6-8,11-14H2,1-3H3,(H,24,30). The van der Waals surface area contributed by atoms with Crippen LogP contribution in [0.4, 0.5) is 0 Å². The van der Waals surface area contributed by atoms with Crippen LogP contribution in [-0.4, -0.2) is 42.1 Å². The van der Waals surface area contributed by atoms with Gasteiger partial charge in [-0.05, 0) is 37.4 Å². The Morgan fingerprint density at radius 1 is 1.16 bits per heavy atom. The molecule has 1 fully saturated rings. The summed E-state index contributed by atoms with van der Waals surface area (Å²) in [6.07, 6.45) is 5.19. The lowest BCUT2D eigenvalue weighted by molar-refractivity contribution is -0.121. The Hall–Kier alpha value is -3.20.